The van der Waals surface area contributed by atoms with Gasteiger partial charge in [-0.3, -0.25) is 9.36 Å². The molecule has 0 fully saturated rings. The van der Waals surface area contributed by atoms with Crippen LogP contribution in [-0.4, -0.2) is 34.2 Å². The molecule has 2 aromatic carbocycles. The first kappa shape index (κ1) is 29.6. The molecule has 212 valence electrons. The highest BCUT2D eigenvalue weighted by Gasteiger charge is 2.32. The lowest BCUT2D eigenvalue weighted by Gasteiger charge is -2.24. The van der Waals surface area contributed by atoms with E-state index in [0.29, 0.717) is 34.2 Å². The van der Waals surface area contributed by atoms with E-state index in [2.05, 4.69) is 16.0 Å². The minimum Gasteiger partial charge on any atom is -0.492 e. The number of hydrogen-bond acceptors (Lipinski definition) is 8. The molecule has 1 atom stereocenters. The molecule has 0 saturated carbocycles. The van der Waals surface area contributed by atoms with Crippen LogP contribution in [-0.2, 0) is 21.2 Å². The molecule has 0 aliphatic carbocycles. The Kier molecular flexibility index (Phi) is 8.66. The SMILES string of the molecule is CCC(c1cccc(C#N)c1)n1c(COC(C)C)nc(O)c(S(=O)(=O)c2ccc(-c3ccnc(F)c3C)cc2)c1=O. The Morgan fingerprint density at radius 2 is 1.85 bits per heavy atom. The van der Waals surface area contributed by atoms with Crippen molar-refractivity contribution in [2.24, 2.45) is 0 Å². The van der Waals surface area contributed by atoms with Gasteiger partial charge in [0, 0.05) is 11.8 Å². The second-order valence-electron chi connectivity index (χ2n) is 9.68. The topological polar surface area (TPSA) is 135 Å². The van der Waals surface area contributed by atoms with Crippen LogP contribution in [0.15, 0.2) is 75.4 Å². The van der Waals surface area contributed by atoms with Crippen molar-refractivity contribution < 1.29 is 22.7 Å². The predicted molar refractivity (Wildman–Crippen MR) is 149 cm³/mol. The number of halogens is 1. The van der Waals surface area contributed by atoms with Crippen molar-refractivity contribution in [3.05, 3.63) is 99.6 Å². The number of nitrogens with zero attached hydrogens (tertiary/aromatic N) is 4. The molecule has 0 saturated heterocycles. The van der Waals surface area contributed by atoms with E-state index in [1.54, 1.807) is 51.1 Å². The molecule has 41 heavy (non-hydrogen) atoms. The number of pyridine rings is 1. The zero-order chi connectivity index (χ0) is 29.9. The molecule has 4 rings (SSSR count). The van der Waals surface area contributed by atoms with Crippen LogP contribution in [0.25, 0.3) is 11.1 Å². The Balaban J connectivity index is 1.88. The summed E-state index contributed by atoms with van der Waals surface area (Å²) in [5, 5.41) is 20.2. The molecule has 1 N–H and O–H groups in total. The van der Waals surface area contributed by atoms with E-state index in [1.165, 1.54) is 35.0 Å². The Hall–Kier alpha value is -4.40. The lowest BCUT2D eigenvalue weighted by molar-refractivity contribution is 0.0573. The van der Waals surface area contributed by atoms with Crippen LogP contribution in [0, 0.1) is 24.2 Å². The van der Waals surface area contributed by atoms with Crippen LogP contribution in [0.1, 0.15) is 55.7 Å². The number of benzene rings is 2. The lowest BCUT2D eigenvalue weighted by atomic mass is 10.0. The van der Waals surface area contributed by atoms with Gasteiger partial charge < -0.3 is 9.84 Å². The summed E-state index contributed by atoms with van der Waals surface area (Å²) in [6.45, 7) is 6.80. The van der Waals surface area contributed by atoms with Gasteiger partial charge in [-0.1, -0.05) is 31.2 Å². The zero-order valence-electron chi connectivity index (χ0n) is 23.0. The molecular weight excluding hydrogens is 547 g/mol. The van der Waals surface area contributed by atoms with Crippen molar-refractivity contribution >= 4 is 9.84 Å². The minimum atomic E-state index is -4.55. The predicted octanol–water partition coefficient (Wildman–Crippen LogP) is 5.09. The largest absolute Gasteiger partial charge is 0.492 e. The molecule has 4 aromatic rings. The Bertz CT molecular complexity index is 1800. The van der Waals surface area contributed by atoms with Crippen molar-refractivity contribution in [2.75, 3.05) is 0 Å². The average molecular weight is 577 g/mol. The Labute approximate surface area is 237 Å². The third kappa shape index (κ3) is 5.89. The van der Waals surface area contributed by atoms with E-state index in [9.17, 15) is 28.0 Å². The molecule has 0 spiro atoms. The Morgan fingerprint density at radius 3 is 2.49 bits per heavy atom. The maximum atomic E-state index is 14.0. The van der Waals surface area contributed by atoms with Crippen LogP contribution < -0.4 is 5.56 Å². The molecule has 0 amide bonds. The van der Waals surface area contributed by atoms with Gasteiger partial charge in [0.2, 0.25) is 21.7 Å². The number of ether oxygens (including phenoxy) is 1. The highest BCUT2D eigenvalue weighted by molar-refractivity contribution is 7.91. The maximum absolute atomic E-state index is 14.0. The molecule has 2 heterocycles. The van der Waals surface area contributed by atoms with E-state index in [4.69, 9.17) is 4.74 Å². The first-order valence-corrected chi connectivity index (χ1v) is 14.4. The Morgan fingerprint density at radius 1 is 1.15 bits per heavy atom. The number of rotatable bonds is 9. The molecule has 0 bridgehead atoms. The number of hydrogen-bond donors (Lipinski definition) is 1. The molecular formula is C30H29FN4O5S. The molecule has 11 heteroatoms. The molecule has 2 aromatic heterocycles. The van der Waals surface area contributed by atoms with Gasteiger partial charge in [-0.15, -0.1) is 0 Å². The quantitative estimate of drug-likeness (QED) is 0.272. The first-order chi connectivity index (χ1) is 19.5. The molecule has 1 unspecified atom stereocenters. The maximum Gasteiger partial charge on any atom is 0.277 e. The van der Waals surface area contributed by atoms with Gasteiger partial charge in [-0.2, -0.15) is 14.6 Å². The minimum absolute atomic E-state index is 0.0416. The standard InChI is InChI=1S/C30H29FN4O5S/c1-5-25(22-8-6-7-20(15-22)16-32)35-26(17-40-18(2)3)34-29(36)27(30(35)37)41(38,39)23-11-9-21(10-12-23)24-13-14-33-28(31)19(24)4/h6-15,18,25,36H,5,17H2,1-4H3. The van der Waals surface area contributed by atoms with E-state index < -0.39 is 38.2 Å². The van der Waals surface area contributed by atoms with Gasteiger partial charge in [0.05, 0.1) is 28.7 Å². The van der Waals surface area contributed by atoms with Crippen LogP contribution in [0.3, 0.4) is 0 Å². The molecule has 0 aliphatic rings. The van der Waals surface area contributed by atoms with Gasteiger partial charge in [0.25, 0.3) is 5.56 Å². The van der Waals surface area contributed by atoms with E-state index in [0.717, 1.165) is 0 Å². The lowest BCUT2D eigenvalue weighted by Crippen LogP contribution is -2.34. The fraction of sp³-hybridized carbons (Fsp3) is 0.267. The van der Waals surface area contributed by atoms with Gasteiger partial charge in [0.1, 0.15) is 12.4 Å². The summed E-state index contributed by atoms with van der Waals surface area (Å²) in [7, 11) is -4.55. The van der Waals surface area contributed by atoms with Crippen molar-refractivity contribution in [1.82, 2.24) is 14.5 Å². The monoisotopic (exact) mass is 576 g/mol. The van der Waals surface area contributed by atoms with Crippen molar-refractivity contribution in [3.63, 3.8) is 0 Å². The third-order valence-corrected chi connectivity index (χ3v) is 8.45. The van der Waals surface area contributed by atoms with Crippen molar-refractivity contribution in [3.8, 4) is 23.1 Å². The fourth-order valence-electron chi connectivity index (χ4n) is 4.59. The van der Waals surface area contributed by atoms with Crippen LogP contribution in [0.5, 0.6) is 5.88 Å². The van der Waals surface area contributed by atoms with Gasteiger partial charge in [0.15, 0.2) is 4.90 Å². The summed E-state index contributed by atoms with van der Waals surface area (Å²) in [5.74, 6) is -1.53. The average Bonchev–Trinajstić information content (AvgIpc) is 2.95. The number of aromatic nitrogens is 3. The smallest absolute Gasteiger partial charge is 0.277 e. The highest BCUT2D eigenvalue weighted by atomic mass is 32.2. The zero-order valence-corrected chi connectivity index (χ0v) is 23.8. The first-order valence-electron chi connectivity index (χ1n) is 12.9. The summed E-state index contributed by atoms with van der Waals surface area (Å²) in [6, 6.07) is 15.2. The number of sulfone groups is 1. The summed E-state index contributed by atoms with van der Waals surface area (Å²) in [6.07, 6.45) is 1.44. The molecule has 0 aliphatic heterocycles. The fourth-order valence-corrected chi connectivity index (χ4v) is 5.93. The summed E-state index contributed by atoms with van der Waals surface area (Å²) in [4.78, 5) is 20.6. The summed E-state index contributed by atoms with van der Waals surface area (Å²) < 4.78 is 48.4. The summed E-state index contributed by atoms with van der Waals surface area (Å²) in [5.41, 5.74) is 1.39. The van der Waals surface area contributed by atoms with Crippen LogP contribution in [0.4, 0.5) is 4.39 Å². The van der Waals surface area contributed by atoms with E-state index >= 15 is 0 Å². The second-order valence-corrected chi connectivity index (χ2v) is 11.6. The third-order valence-electron chi connectivity index (χ3n) is 6.66. The second kappa shape index (κ2) is 12.0. The van der Waals surface area contributed by atoms with E-state index in [-0.39, 0.29) is 23.4 Å². The van der Waals surface area contributed by atoms with E-state index in [1.807, 2.05) is 6.92 Å². The normalized spacial score (nSPS) is 12.3. The van der Waals surface area contributed by atoms with Crippen molar-refractivity contribution in [2.45, 2.75) is 62.7 Å². The molecule has 0 radical (unpaired) electrons. The van der Waals surface area contributed by atoms with Gasteiger partial charge in [-0.05, 0) is 74.2 Å². The number of nitriles is 1. The highest BCUT2D eigenvalue weighted by Crippen LogP contribution is 2.31. The van der Waals surface area contributed by atoms with Crippen molar-refractivity contribution in [1.29, 1.82) is 5.26 Å². The van der Waals surface area contributed by atoms with Gasteiger partial charge >= 0.3 is 0 Å². The number of aromatic hydroxyl groups is 1. The van der Waals surface area contributed by atoms with Crippen LogP contribution >= 0.6 is 0 Å². The summed E-state index contributed by atoms with van der Waals surface area (Å²) >= 11 is 0. The molecule has 9 nitrogen and oxygen atoms in total. The van der Waals surface area contributed by atoms with Crippen LogP contribution in [0.2, 0.25) is 0 Å². The van der Waals surface area contributed by atoms with Gasteiger partial charge in [-0.25, -0.2) is 13.4 Å².